The molecule has 13 heavy (non-hydrogen) atoms. The quantitative estimate of drug-likeness (QED) is 0.486. The van der Waals surface area contributed by atoms with E-state index in [-0.39, 0.29) is 0 Å². The molecule has 0 aromatic carbocycles. The molecule has 0 aliphatic carbocycles. The zero-order valence-corrected chi connectivity index (χ0v) is 10.4. The lowest BCUT2D eigenvalue weighted by atomic mass is 10.2. The SMILES string of the molecule is CCO[Si](C)(C)CCCCCCN. The van der Waals surface area contributed by atoms with E-state index in [1.807, 2.05) is 0 Å². The van der Waals surface area contributed by atoms with Gasteiger partial charge in [-0.1, -0.05) is 19.3 Å². The lowest BCUT2D eigenvalue weighted by Crippen LogP contribution is -2.29. The monoisotopic (exact) mass is 203 g/mol. The van der Waals surface area contributed by atoms with E-state index in [1.165, 1.54) is 31.7 Å². The Morgan fingerprint density at radius 2 is 1.69 bits per heavy atom. The molecule has 0 aromatic heterocycles. The highest BCUT2D eigenvalue weighted by Crippen LogP contribution is 2.16. The van der Waals surface area contributed by atoms with Gasteiger partial charge in [-0.2, -0.15) is 0 Å². The smallest absolute Gasteiger partial charge is 0.186 e. The van der Waals surface area contributed by atoms with E-state index >= 15 is 0 Å². The van der Waals surface area contributed by atoms with E-state index in [0.29, 0.717) is 0 Å². The van der Waals surface area contributed by atoms with Gasteiger partial charge >= 0.3 is 0 Å². The van der Waals surface area contributed by atoms with Crippen LogP contribution in [-0.2, 0) is 4.43 Å². The molecular weight excluding hydrogens is 178 g/mol. The molecule has 2 nitrogen and oxygen atoms in total. The summed E-state index contributed by atoms with van der Waals surface area (Å²) in [4.78, 5) is 0. The topological polar surface area (TPSA) is 35.2 Å². The Labute approximate surface area is 84.0 Å². The summed E-state index contributed by atoms with van der Waals surface area (Å²) in [7, 11) is -1.29. The molecule has 0 aromatic rings. The number of rotatable bonds is 8. The first-order valence-corrected chi connectivity index (χ1v) is 8.58. The lowest BCUT2D eigenvalue weighted by Gasteiger charge is -2.21. The van der Waals surface area contributed by atoms with Crippen LogP contribution in [0.3, 0.4) is 0 Å². The standard InChI is InChI=1S/C10H25NOSi/c1-4-12-13(2,3)10-8-6-5-7-9-11/h4-11H2,1-3H3. The van der Waals surface area contributed by atoms with Crippen LogP contribution in [0.5, 0.6) is 0 Å². The molecule has 3 heteroatoms. The predicted molar refractivity (Wildman–Crippen MR) is 61.4 cm³/mol. The van der Waals surface area contributed by atoms with Gasteiger partial charge in [-0.15, -0.1) is 0 Å². The maximum absolute atomic E-state index is 5.75. The molecule has 0 radical (unpaired) electrons. The van der Waals surface area contributed by atoms with Crippen molar-refractivity contribution in [3.05, 3.63) is 0 Å². The maximum Gasteiger partial charge on any atom is 0.186 e. The molecule has 0 amide bonds. The minimum absolute atomic E-state index is 0.840. The molecule has 0 fully saturated rings. The normalized spacial score (nSPS) is 12.0. The van der Waals surface area contributed by atoms with E-state index in [1.54, 1.807) is 0 Å². The van der Waals surface area contributed by atoms with Crippen LogP contribution in [0.2, 0.25) is 19.1 Å². The van der Waals surface area contributed by atoms with Crippen molar-refractivity contribution in [1.29, 1.82) is 0 Å². The minimum atomic E-state index is -1.29. The van der Waals surface area contributed by atoms with E-state index in [0.717, 1.165) is 13.2 Å². The van der Waals surface area contributed by atoms with Crippen LogP contribution in [-0.4, -0.2) is 21.5 Å². The van der Waals surface area contributed by atoms with Gasteiger partial charge < -0.3 is 10.2 Å². The molecule has 0 saturated carbocycles. The second-order valence-electron chi connectivity index (χ2n) is 4.15. The highest BCUT2D eigenvalue weighted by atomic mass is 28.4. The van der Waals surface area contributed by atoms with Gasteiger partial charge in [0.2, 0.25) is 0 Å². The van der Waals surface area contributed by atoms with Gasteiger partial charge in [-0.05, 0) is 39.0 Å². The van der Waals surface area contributed by atoms with Crippen molar-refractivity contribution in [1.82, 2.24) is 0 Å². The summed E-state index contributed by atoms with van der Waals surface area (Å²) in [6.45, 7) is 8.41. The second-order valence-corrected chi connectivity index (χ2v) is 8.45. The van der Waals surface area contributed by atoms with Crippen molar-refractivity contribution in [3.8, 4) is 0 Å². The van der Waals surface area contributed by atoms with Gasteiger partial charge in [0, 0.05) is 6.61 Å². The van der Waals surface area contributed by atoms with Gasteiger partial charge in [-0.3, -0.25) is 0 Å². The Balaban J connectivity index is 3.29. The molecule has 0 aliphatic heterocycles. The van der Waals surface area contributed by atoms with Crippen LogP contribution in [0.4, 0.5) is 0 Å². The van der Waals surface area contributed by atoms with E-state index in [2.05, 4.69) is 20.0 Å². The summed E-state index contributed by atoms with van der Waals surface area (Å²) >= 11 is 0. The zero-order valence-electron chi connectivity index (χ0n) is 9.44. The first-order chi connectivity index (χ1) is 6.12. The minimum Gasteiger partial charge on any atom is -0.418 e. The van der Waals surface area contributed by atoms with Gasteiger partial charge in [-0.25, -0.2) is 0 Å². The number of unbranched alkanes of at least 4 members (excludes halogenated alkanes) is 3. The Kier molecular flexibility index (Phi) is 7.61. The Morgan fingerprint density at radius 1 is 1.08 bits per heavy atom. The number of hydrogen-bond acceptors (Lipinski definition) is 2. The van der Waals surface area contributed by atoms with Crippen molar-refractivity contribution in [2.45, 2.75) is 51.7 Å². The van der Waals surface area contributed by atoms with Crippen LogP contribution in [0, 0.1) is 0 Å². The number of nitrogens with two attached hydrogens (primary N) is 1. The van der Waals surface area contributed by atoms with Crippen molar-refractivity contribution >= 4 is 8.32 Å². The fraction of sp³-hybridized carbons (Fsp3) is 1.00. The van der Waals surface area contributed by atoms with Crippen LogP contribution in [0.1, 0.15) is 32.6 Å². The van der Waals surface area contributed by atoms with Gasteiger partial charge in [0.1, 0.15) is 0 Å². The van der Waals surface area contributed by atoms with Crippen molar-refractivity contribution in [2.24, 2.45) is 5.73 Å². The fourth-order valence-corrected chi connectivity index (χ4v) is 3.54. The van der Waals surface area contributed by atoms with Crippen LogP contribution in [0.25, 0.3) is 0 Å². The summed E-state index contributed by atoms with van der Waals surface area (Å²) in [6.07, 6.45) is 5.10. The molecule has 0 unspecified atom stereocenters. The zero-order chi connectivity index (χ0) is 10.2. The predicted octanol–water partition coefficient (Wildman–Crippen LogP) is 2.75. The lowest BCUT2D eigenvalue weighted by molar-refractivity contribution is 0.327. The van der Waals surface area contributed by atoms with Crippen molar-refractivity contribution < 1.29 is 4.43 Å². The highest BCUT2D eigenvalue weighted by molar-refractivity contribution is 6.71. The van der Waals surface area contributed by atoms with Crippen molar-refractivity contribution in [2.75, 3.05) is 13.2 Å². The van der Waals surface area contributed by atoms with Gasteiger partial charge in [0.05, 0.1) is 0 Å². The van der Waals surface area contributed by atoms with Gasteiger partial charge in [0.25, 0.3) is 0 Å². The largest absolute Gasteiger partial charge is 0.418 e. The summed E-state index contributed by atoms with van der Waals surface area (Å²) in [5, 5.41) is 0. The number of hydrogen-bond donors (Lipinski definition) is 1. The first-order valence-electron chi connectivity index (χ1n) is 5.46. The average molecular weight is 203 g/mol. The summed E-state index contributed by atoms with van der Waals surface area (Å²) in [5.41, 5.74) is 5.43. The third kappa shape index (κ3) is 8.47. The van der Waals surface area contributed by atoms with E-state index in [4.69, 9.17) is 10.2 Å². The second kappa shape index (κ2) is 7.53. The first kappa shape index (κ1) is 13.1. The maximum atomic E-state index is 5.75. The summed E-state index contributed by atoms with van der Waals surface area (Å²) in [5.74, 6) is 0. The molecular formula is C10H25NOSi. The third-order valence-electron chi connectivity index (χ3n) is 2.27. The van der Waals surface area contributed by atoms with Crippen LogP contribution < -0.4 is 5.73 Å². The summed E-state index contributed by atoms with van der Waals surface area (Å²) in [6, 6.07) is 1.30. The Morgan fingerprint density at radius 3 is 2.23 bits per heavy atom. The molecule has 0 bridgehead atoms. The molecule has 0 rings (SSSR count). The Hall–Kier alpha value is 0.137. The molecule has 0 atom stereocenters. The Bertz CT molecular complexity index is 117. The highest BCUT2D eigenvalue weighted by Gasteiger charge is 2.20. The van der Waals surface area contributed by atoms with Crippen molar-refractivity contribution in [3.63, 3.8) is 0 Å². The van der Waals surface area contributed by atoms with E-state index < -0.39 is 8.32 Å². The van der Waals surface area contributed by atoms with Crippen LogP contribution >= 0.6 is 0 Å². The molecule has 0 heterocycles. The summed E-state index contributed by atoms with van der Waals surface area (Å²) < 4.78 is 5.75. The molecule has 80 valence electrons. The fourth-order valence-electron chi connectivity index (χ4n) is 1.51. The van der Waals surface area contributed by atoms with Crippen LogP contribution in [0.15, 0.2) is 0 Å². The molecule has 0 aliphatic rings. The molecule has 2 N–H and O–H groups in total. The molecule has 0 spiro atoms. The van der Waals surface area contributed by atoms with Gasteiger partial charge in [0.15, 0.2) is 8.32 Å². The molecule has 0 saturated heterocycles. The third-order valence-corrected chi connectivity index (χ3v) is 4.90. The average Bonchev–Trinajstić information content (AvgIpc) is 2.04. The van der Waals surface area contributed by atoms with E-state index in [9.17, 15) is 0 Å².